The number of hydrogen-bond acceptors (Lipinski definition) is 4. The Kier molecular flexibility index (Phi) is 3.24. The molecule has 2 rings (SSSR count). The highest BCUT2D eigenvalue weighted by molar-refractivity contribution is 5.73. The Balaban J connectivity index is 2.46. The predicted octanol–water partition coefficient (Wildman–Crippen LogP) is 0.393. The fourth-order valence-electron chi connectivity index (χ4n) is 1.71. The van der Waals surface area contributed by atoms with Gasteiger partial charge in [0.15, 0.2) is 11.6 Å². The maximum Gasteiger partial charge on any atom is 0.403 e. The molecule has 10 heteroatoms. The minimum Gasteiger partial charge on any atom is -0.481 e. The van der Waals surface area contributed by atoms with Crippen LogP contribution in [0.4, 0.5) is 13.2 Å². The molecular weight excluding hydrogens is 281 g/mol. The summed E-state index contributed by atoms with van der Waals surface area (Å²) in [5.74, 6) is -4.72. The molecular formula is C10H9F3N4O3. The molecule has 0 saturated carbocycles. The Labute approximate surface area is 109 Å². The number of rotatable bonds is 3. The van der Waals surface area contributed by atoms with Crippen LogP contribution in [0.15, 0.2) is 17.3 Å². The van der Waals surface area contributed by atoms with E-state index in [1.807, 2.05) is 0 Å². The third kappa shape index (κ3) is 2.36. The number of alkyl halides is 3. The van der Waals surface area contributed by atoms with Crippen LogP contribution in [0.3, 0.4) is 0 Å². The van der Waals surface area contributed by atoms with Gasteiger partial charge in [0.05, 0.1) is 12.5 Å². The van der Waals surface area contributed by atoms with E-state index in [2.05, 4.69) is 10.1 Å². The summed E-state index contributed by atoms with van der Waals surface area (Å²) in [5, 5.41) is 12.4. The van der Waals surface area contributed by atoms with Crippen molar-refractivity contribution in [2.24, 2.45) is 13.0 Å². The molecule has 1 atom stereocenters. The summed E-state index contributed by atoms with van der Waals surface area (Å²) < 4.78 is 39.6. The van der Waals surface area contributed by atoms with Gasteiger partial charge in [-0.25, -0.2) is 4.98 Å². The van der Waals surface area contributed by atoms with Crippen LogP contribution in [-0.4, -0.2) is 36.6 Å². The Morgan fingerprint density at radius 1 is 1.50 bits per heavy atom. The van der Waals surface area contributed by atoms with Gasteiger partial charge < -0.3 is 5.11 Å². The molecule has 0 fully saturated rings. The van der Waals surface area contributed by atoms with Crippen LogP contribution in [-0.2, 0) is 18.4 Å². The van der Waals surface area contributed by atoms with Gasteiger partial charge in [-0.05, 0) is 0 Å². The van der Waals surface area contributed by atoms with E-state index in [0.717, 1.165) is 6.33 Å². The number of halogens is 3. The van der Waals surface area contributed by atoms with Crippen LogP contribution in [0.5, 0.6) is 0 Å². The standard InChI is InChI=1S/C10H9F3N4O3/c1-16-7-5(2-15-16)8(18)17(4-14-7)3-6(9(19)20)10(11,12)13/h2,4,6H,3H2,1H3,(H,19,20). The van der Waals surface area contributed by atoms with Crippen molar-refractivity contribution >= 4 is 17.0 Å². The van der Waals surface area contributed by atoms with Crippen molar-refractivity contribution in [1.82, 2.24) is 19.3 Å². The zero-order valence-electron chi connectivity index (χ0n) is 10.1. The summed E-state index contributed by atoms with van der Waals surface area (Å²) >= 11 is 0. The fourth-order valence-corrected chi connectivity index (χ4v) is 1.71. The highest BCUT2D eigenvalue weighted by Crippen LogP contribution is 2.27. The molecule has 2 aromatic rings. The zero-order valence-corrected chi connectivity index (χ0v) is 10.1. The smallest absolute Gasteiger partial charge is 0.403 e. The SMILES string of the molecule is Cn1ncc2c(=O)n(CC(C(=O)O)C(F)(F)F)cnc21. The lowest BCUT2D eigenvalue weighted by Gasteiger charge is -2.16. The molecule has 0 aliphatic carbocycles. The minimum atomic E-state index is -4.95. The van der Waals surface area contributed by atoms with Gasteiger partial charge in [-0.1, -0.05) is 0 Å². The highest BCUT2D eigenvalue weighted by Gasteiger charge is 2.45. The molecule has 0 aromatic carbocycles. The van der Waals surface area contributed by atoms with Gasteiger partial charge in [0.25, 0.3) is 5.56 Å². The van der Waals surface area contributed by atoms with Crippen molar-refractivity contribution in [3.05, 3.63) is 22.9 Å². The first-order valence-electron chi connectivity index (χ1n) is 5.38. The lowest BCUT2D eigenvalue weighted by Crippen LogP contribution is -2.37. The normalized spacial score (nSPS) is 13.6. The van der Waals surface area contributed by atoms with Gasteiger partial charge in [0.1, 0.15) is 5.39 Å². The summed E-state index contributed by atoms with van der Waals surface area (Å²) in [6.45, 7) is -1.03. The Hall–Kier alpha value is -2.39. The minimum absolute atomic E-state index is 0.0290. The van der Waals surface area contributed by atoms with Crippen LogP contribution in [0.1, 0.15) is 0 Å². The quantitative estimate of drug-likeness (QED) is 0.883. The summed E-state index contributed by atoms with van der Waals surface area (Å²) in [7, 11) is 1.52. The van der Waals surface area contributed by atoms with Crippen molar-refractivity contribution in [3.8, 4) is 0 Å². The Bertz CT molecular complexity index is 719. The number of carboxylic acids is 1. The molecule has 1 unspecified atom stereocenters. The lowest BCUT2D eigenvalue weighted by molar-refractivity contribution is -0.196. The number of aryl methyl sites for hydroxylation is 1. The molecule has 0 saturated heterocycles. The molecule has 0 spiro atoms. The number of fused-ring (bicyclic) bond motifs is 1. The van der Waals surface area contributed by atoms with Gasteiger partial charge in [-0.15, -0.1) is 0 Å². The maximum absolute atomic E-state index is 12.6. The number of nitrogens with zero attached hydrogens (tertiary/aromatic N) is 4. The molecule has 1 N–H and O–H groups in total. The predicted molar refractivity (Wildman–Crippen MR) is 59.9 cm³/mol. The van der Waals surface area contributed by atoms with E-state index < -0.39 is 30.2 Å². The van der Waals surface area contributed by atoms with Crippen LogP contribution in [0.2, 0.25) is 0 Å². The van der Waals surface area contributed by atoms with Gasteiger partial charge in [-0.2, -0.15) is 18.3 Å². The largest absolute Gasteiger partial charge is 0.481 e. The Morgan fingerprint density at radius 2 is 2.15 bits per heavy atom. The van der Waals surface area contributed by atoms with Crippen molar-refractivity contribution in [2.75, 3.05) is 0 Å². The van der Waals surface area contributed by atoms with Crippen LogP contribution < -0.4 is 5.56 Å². The van der Waals surface area contributed by atoms with Gasteiger partial charge in [0, 0.05) is 13.6 Å². The molecule has 0 aliphatic heterocycles. The van der Waals surface area contributed by atoms with Gasteiger partial charge in [0.2, 0.25) is 0 Å². The summed E-state index contributed by atoms with van der Waals surface area (Å²) in [5.41, 5.74) is -0.552. The topological polar surface area (TPSA) is 90.0 Å². The molecule has 0 radical (unpaired) electrons. The zero-order chi connectivity index (χ0) is 15.1. The summed E-state index contributed by atoms with van der Waals surface area (Å²) in [6.07, 6.45) is -2.90. The Morgan fingerprint density at radius 3 is 2.70 bits per heavy atom. The number of aromatic nitrogens is 4. The van der Waals surface area contributed by atoms with E-state index in [9.17, 15) is 22.8 Å². The number of carbonyl (C=O) groups is 1. The molecule has 108 valence electrons. The van der Waals surface area contributed by atoms with E-state index >= 15 is 0 Å². The monoisotopic (exact) mass is 290 g/mol. The number of aliphatic carboxylic acids is 1. The second-order valence-corrected chi connectivity index (χ2v) is 4.14. The van der Waals surface area contributed by atoms with Crippen molar-refractivity contribution in [3.63, 3.8) is 0 Å². The van der Waals surface area contributed by atoms with E-state index in [1.165, 1.54) is 17.9 Å². The third-order valence-electron chi connectivity index (χ3n) is 2.79. The van der Waals surface area contributed by atoms with Crippen LogP contribution in [0.25, 0.3) is 11.0 Å². The molecule has 2 aromatic heterocycles. The number of hydrogen-bond donors (Lipinski definition) is 1. The molecule has 2 heterocycles. The van der Waals surface area contributed by atoms with E-state index in [1.54, 1.807) is 0 Å². The van der Waals surface area contributed by atoms with E-state index in [0.29, 0.717) is 4.57 Å². The van der Waals surface area contributed by atoms with E-state index in [4.69, 9.17) is 5.11 Å². The molecule has 0 bridgehead atoms. The van der Waals surface area contributed by atoms with E-state index in [-0.39, 0.29) is 11.0 Å². The average Bonchev–Trinajstić information content (AvgIpc) is 2.69. The van der Waals surface area contributed by atoms with Crippen molar-refractivity contribution in [1.29, 1.82) is 0 Å². The molecule has 7 nitrogen and oxygen atoms in total. The van der Waals surface area contributed by atoms with Crippen LogP contribution in [0, 0.1) is 5.92 Å². The van der Waals surface area contributed by atoms with Crippen molar-refractivity contribution in [2.45, 2.75) is 12.7 Å². The lowest BCUT2D eigenvalue weighted by atomic mass is 10.1. The molecule has 20 heavy (non-hydrogen) atoms. The van der Waals surface area contributed by atoms with Crippen LogP contribution >= 0.6 is 0 Å². The summed E-state index contributed by atoms with van der Waals surface area (Å²) in [4.78, 5) is 26.4. The first-order valence-corrected chi connectivity index (χ1v) is 5.38. The number of carboxylic acid groups (broad SMARTS) is 1. The van der Waals surface area contributed by atoms with Gasteiger partial charge >= 0.3 is 12.1 Å². The second-order valence-electron chi connectivity index (χ2n) is 4.14. The second kappa shape index (κ2) is 4.62. The maximum atomic E-state index is 12.6. The first-order chi connectivity index (χ1) is 9.21. The van der Waals surface area contributed by atoms with Gasteiger partial charge in [-0.3, -0.25) is 18.8 Å². The molecule has 0 aliphatic rings. The third-order valence-corrected chi connectivity index (χ3v) is 2.79. The van der Waals surface area contributed by atoms with Crippen molar-refractivity contribution < 1.29 is 23.1 Å². The molecule has 0 amide bonds. The first kappa shape index (κ1) is 14.0. The summed E-state index contributed by atoms with van der Waals surface area (Å²) in [6, 6.07) is 0. The highest BCUT2D eigenvalue weighted by atomic mass is 19.4. The average molecular weight is 290 g/mol. The fraction of sp³-hybridized carbons (Fsp3) is 0.400.